The van der Waals surface area contributed by atoms with Gasteiger partial charge in [0.2, 0.25) is 0 Å². The number of nitrogens with zero attached hydrogens (tertiary/aromatic N) is 3. The third-order valence-electron chi connectivity index (χ3n) is 1.77. The Morgan fingerprint density at radius 2 is 2.07 bits per heavy atom. The molecule has 0 N–H and O–H groups in total. The molecule has 0 amide bonds. The molecule has 2 rings (SSSR count). The largest absolute Gasteiger partial charge is 0.247 e. The van der Waals surface area contributed by atoms with Gasteiger partial charge in [-0.3, -0.25) is 0 Å². The van der Waals surface area contributed by atoms with Gasteiger partial charge in [0.25, 0.3) is 0 Å². The number of aryl methyl sites for hydroxylation is 1. The first kappa shape index (κ1) is 12.3. The van der Waals surface area contributed by atoms with Crippen molar-refractivity contribution in [3.05, 3.63) is 23.2 Å². The first-order valence-corrected chi connectivity index (χ1v) is 5.56. The molecule has 0 radical (unpaired) electrons. The number of halogens is 2. The lowest BCUT2D eigenvalue weighted by Gasteiger charge is -1.94. The highest BCUT2D eigenvalue weighted by Crippen LogP contribution is 2.27. The minimum absolute atomic E-state index is 0.0956. The van der Waals surface area contributed by atoms with Gasteiger partial charge >= 0.3 is 0 Å². The van der Waals surface area contributed by atoms with Crippen LogP contribution in [0.2, 0.25) is 5.15 Å². The maximum Gasteiger partial charge on any atom is 0.171 e. The Morgan fingerprint density at radius 1 is 1.40 bits per heavy atom. The lowest BCUT2D eigenvalue weighted by molar-refractivity contribution is 0.918. The molecule has 0 aliphatic carbocycles. The zero-order valence-electron chi connectivity index (χ0n) is 8.66. The van der Waals surface area contributed by atoms with Crippen molar-refractivity contribution in [3.63, 3.8) is 0 Å². The predicted octanol–water partition coefficient (Wildman–Crippen LogP) is 3.80. The fourth-order valence-electron chi connectivity index (χ4n) is 1.22. The van der Waals surface area contributed by atoms with Crippen molar-refractivity contribution < 1.29 is 3.89 Å². The van der Waals surface area contributed by atoms with Gasteiger partial charge < -0.3 is 0 Å². The average Bonchev–Trinajstić information content (AvgIpc) is 2.60. The molecule has 2 heterocycles. The Morgan fingerprint density at radius 3 is 2.67 bits per heavy atom. The molecular weight excluding hydrogens is 237 g/mol. The number of hydrogen-bond acceptors (Lipinski definition) is 3. The van der Waals surface area contributed by atoms with E-state index >= 15 is 0 Å². The number of aromatic nitrogens is 3. The van der Waals surface area contributed by atoms with Gasteiger partial charge in [0.15, 0.2) is 18.0 Å². The topological polar surface area (TPSA) is 30.7 Å². The second kappa shape index (κ2) is 5.32. The van der Waals surface area contributed by atoms with Crippen LogP contribution >= 0.6 is 23.9 Å². The predicted molar refractivity (Wildman–Crippen MR) is 62.7 cm³/mol. The van der Waals surface area contributed by atoms with Crippen LogP contribution in [-0.2, 0) is 0 Å². The van der Waals surface area contributed by atoms with E-state index in [0.717, 1.165) is 5.56 Å². The van der Waals surface area contributed by atoms with Gasteiger partial charge in [0, 0.05) is 6.20 Å². The van der Waals surface area contributed by atoms with Crippen molar-refractivity contribution >= 4 is 35.0 Å². The zero-order chi connectivity index (χ0) is 11.4. The van der Waals surface area contributed by atoms with Crippen LogP contribution in [0, 0.1) is 6.92 Å². The van der Waals surface area contributed by atoms with Crippen LogP contribution in [0.5, 0.6) is 0 Å². The quantitative estimate of drug-likeness (QED) is 0.718. The Kier molecular flexibility index (Phi) is 4.35. The first-order chi connectivity index (χ1) is 7.24. The summed E-state index contributed by atoms with van der Waals surface area (Å²) in [6, 6.07) is 0. The molecule has 0 unspecified atom stereocenters. The molecular formula is C9H11ClFN3S. The van der Waals surface area contributed by atoms with Crippen LogP contribution in [-0.4, -0.2) is 13.9 Å². The molecule has 6 heteroatoms. The highest BCUT2D eigenvalue weighted by Gasteiger charge is 2.10. The van der Waals surface area contributed by atoms with E-state index in [1.807, 2.05) is 20.8 Å². The van der Waals surface area contributed by atoms with Crippen LogP contribution in [0.25, 0.3) is 11.0 Å². The van der Waals surface area contributed by atoms with Gasteiger partial charge in [-0.15, -0.1) is 3.89 Å². The molecule has 0 aromatic carbocycles. The van der Waals surface area contributed by atoms with Crippen molar-refractivity contribution in [3.8, 4) is 0 Å². The fourth-order valence-corrected chi connectivity index (χ4v) is 1.89. The van der Waals surface area contributed by atoms with Crippen molar-refractivity contribution in [2.75, 3.05) is 0 Å². The Hall–Kier alpha value is -0.810. The number of rotatable bonds is 1. The van der Waals surface area contributed by atoms with Crippen LogP contribution < -0.4 is 0 Å². The molecule has 0 saturated heterocycles. The summed E-state index contributed by atoms with van der Waals surface area (Å²) in [7, 11) is 0. The summed E-state index contributed by atoms with van der Waals surface area (Å²) < 4.78 is 13.7. The molecule has 0 bridgehead atoms. The molecule has 0 atom stereocenters. The smallest absolute Gasteiger partial charge is 0.171 e. The maximum atomic E-state index is 12.4. The first-order valence-electron chi connectivity index (χ1n) is 4.51. The molecule has 2 aromatic rings. The van der Waals surface area contributed by atoms with E-state index in [9.17, 15) is 3.89 Å². The van der Waals surface area contributed by atoms with Crippen molar-refractivity contribution in [1.29, 1.82) is 0 Å². The van der Waals surface area contributed by atoms with E-state index in [2.05, 4.69) is 9.97 Å². The molecule has 0 saturated carbocycles. The summed E-state index contributed by atoms with van der Waals surface area (Å²) in [6.45, 7) is 5.84. The second-order valence-corrected chi connectivity index (χ2v) is 3.46. The summed E-state index contributed by atoms with van der Waals surface area (Å²) in [5, 5.41) is 1.06. The molecule has 0 fully saturated rings. The summed E-state index contributed by atoms with van der Waals surface area (Å²) in [5.41, 5.74) is 1.37. The SMILES string of the molecule is CC.Cc1cn(SF)c2ncnc(Cl)c12. The van der Waals surface area contributed by atoms with Gasteiger partial charge in [-0.2, -0.15) is 0 Å². The molecule has 15 heavy (non-hydrogen) atoms. The van der Waals surface area contributed by atoms with E-state index in [4.69, 9.17) is 11.6 Å². The summed E-state index contributed by atoms with van der Waals surface area (Å²) >= 11 is 5.93. The third kappa shape index (κ3) is 2.23. The molecule has 82 valence electrons. The van der Waals surface area contributed by atoms with Gasteiger partial charge in [0.1, 0.15) is 11.5 Å². The minimum Gasteiger partial charge on any atom is -0.247 e. The molecule has 0 spiro atoms. The van der Waals surface area contributed by atoms with Gasteiger partial charge in [-0.25, -0.2) is 13.9 Å². The van der Waals surface area contributed by atoms with Crippen molar-refractivity contribution in [2.45, 2.75) is 20.8 Å². The minimum atomic E-state index is 0.0956. The number of fused-ring (bicyclic) bond motifs is 1. The Balaban J connectivity index is 0.000000531. The van der Waals surface area contributed by atoms with E-state index in [1.165, 1.54) is 10.3 Å². The Bertz CT molecular complexity index is 458. The normalized spacial score (nSPS) is 9.93. The molecule has 3 nitrogen and oxygen atoms in total. The lowest BCUT2D eigenvalue weighted by Crippen LogP contribution is -1.85. The lowest BCUT2D eigenvalue weighted by atomic mass is 10.3. The fraction of sp³-hybridized carbons (Fsp3) is 0.333. The van der Waals surface area contributed by atoms with Gasteiger partial charge in [-0.1, -0.05) is 25.4 Å². The van der Waals surface area contributed by atoms with E-state index in [0.29, 0.717) is 16.2 Å². The molecule has 0 aliphatic heterocycles. The number of hydrogen-bond donors (Lipinski definition) is 0. The van der Waals surface area contributed by atoms with Gasteiger partial charge in [0.05, 0.1) is 5.39 Å². The molecule has 2 aromatic heterocycles. The standard InChI is InChI=1S/C7H5ClFN3S.C2H6/c1-4-2-12(13-9)7-5(4)6(8)10-3-11-7;1-2/h2-3H,1H3;1-2H3. The van der Waals surface area contributed by atoms with E-state index in [-0.39, 0.29) is 12.3 Å². The average molecular weight is 248 g/mol. The highest BCUT2D eigenvalue weighted by molar-refractivity contribution is 7.92. The van der Waals surface area contributed by atoms with Crippen LogP contribution in [0.1, 0.15) is 19.4 Å². The van der Waals surface area contributed by atoms with Crippen molar-refractivity contribution in [1.82, 2.24) is 13.9 Å². The van der Waals surface area contributed by atoms with Crippen LogP contribution in [0.3, 0.4) is 0 Å². The zero-order valence-corrected chi connectivity index (χ0v) is 10.2. The summed E-state index contributed by atoms with van der Waals surface area (Å²) in [5.74, 6) is 0. The van der Waals surface area contributed by atoms with Crippen LogP contribution in [0.15, 0.2) is 12.5 Å². The van der Waals surface area contributed by atoms with E-state index in [1.54, 1.807) is 6.20 Å². The third-order valence-corrected chi connectivity index (χ3v) is 2.48. The second-order valence-electron chi connectivity index (χ2n) is 2.57. The summed E-state index contributed by atoms with van der Waals surface area (Å²) in [4.78, 5) is 7.77. The van der Waals surface area contributed by atoms with Gasteiger partial charge in [-0.05, 0) is 12.5 Å². The Labute approximate surface area is 97.1 Å². The van der Waals surface area contributed by atoms with Crippen molar-refractivity contribution in [2.24, 2.45) is 0 Å². The maximum absolute atomic E-state index is 12.4. The summed E-state index contributed by atoms with van der Waals surface area (Å²) in [6.07, 6.45) is 2.95. The molecule has 0 aliphatic rings. The van der Waals surface area contributed by atoms with E-state index < -0.39 is 0 Å². The highest BCUT2D eigenvalue weighted by atomic mass is 35.5. The monoisotopic (exact) mass is 247 g/mol. The van der Waals surface area contributed by atoms with Crippen LogP contribution in [0.4, 0.5) is 3.89 Å².